The summed E-state index contributed by atoms with van der Waals surface area (Å²) in [5, 5.41) is 12.9. The zero-order chi connectivity index (χ0) is 32.8. The zero-order valence-corrected chi connectivity index (χ0v) is 26.6. The number of nitrogens with one attached hydrogen (secondary N) is 1. The number of amides is 1. The average molecular weight is 639 g/mol. The first-order valence-electron chi connectivity index (χ1n) is 16.4. The molecule has 246 valence electrons. The van der Waals surface area contributed by atoms with Crippen LogP contribution in [0.15, 0.2) is 61.1 Å². The van der Waals surface area contributed by atoms with Gasteiger partial charge in [-0.1, -0.05) is 37.8 Å². The van der Waals surface area contributed by atoms with E-state index in [1.807, 2.05) is 12.1 Å². The van der Waals surface area contributed by atoms with Crippen LogP contribution in [0, 0.1) is 23.2 Å². The van der Waals surface area contributed by atoms with E-state index in [1.165, 1.54) is 12.6 Å². The number of hydrogen-bond acceptors (Lipinski definition) is 10. The van der Waals surface area contributed by atoms with Gasteiger partial charge in [-0.15, -0.1) is 0 Å². The number of allylic oxidation sites excluding steroid dienone is 1. The summed E-state index contributed by atoms with van der Waals surface area (Å²) in [7, 11) is 0. The first-order chi connectivity index (χ1) is 23.0. The molecule has 2 heterocycles. The first kappa shape index (κ1) is 33.4. The highest BCUT2D eigenvalue weighted by atomic mass is 16.6. The molecule has 2 aliphatic rings. The number of esters is 1. The van der Waals surface area contributed by atoms with Gasteiger partial charge in [0.2, 0.25) is 5.91 Å². The van der Waals surface area contributed by atoms with Crippen molar-refractivity contribution in [1.29, 1.82) is 5.26 Å². The fourth-order valence-corrected chi connectivity index (χ4v) is 6.03. The minimum Gasteiger partial charge on any atom is -0.489 e. The lowest BCUT2D eigenvalue weighted by molar-refractivity contribution is -0.144. The van der Waals surface area contributed by atoms with Gasteiger partial charge in [-0.2, -0.15) is 5.26 Å². The topological polar surface area (TPSA) is 162 Å². The molecule has 5 rings (SSSR count). The number of nitrogen functional groups attached to an aromatic ring is 1. The van der Waals surface area contributed by atoms with Gasteiger partial charge in [0, 0.05) is 36.8 Å². The number of nitriles is 1. The fourth-order valence-electron chi connectivity index (χ4n) is 6.03. The Bertz CT molecular complexity index is 1570. The van der Waals surface area contributed by atoms with E-state index in [-0.39, 0.29) is 43.4 Å². The van der Waals surface area contributed by atoms with Crippen molar-refractivity contribution in [2.45, 2.75) is 76.9 Å². The van der Waals surface area contributed by atoms with E-state index in [1.54, 1.807) is 30.6 Å². The number of rotatable bonds is 18. The van der Waals surface area contributed by atoms with Crippen LogP contribution in [-0.4, -0.2) is 46.1 Å². The van der Waals surface area contributed by atoms with Gasteiger partial charge in [0.15, 0.2) is 5.82 Å². The quantitative estimate of drug-likeness (QED) is 0.100. The smallest absolute Gasteiger partial charge is 0.305 e. The SMILES string of the molecule is N#Cc1cc(-c2cnc(N)c(OCc3ccncc3)n2)ccc1OCCOC(=O)CCCCCCCCC(=O)NC1CC2C=CC1C2. The molecule has 3 unspecified atom stereocenters. The molecule has 1 aromatic carbocycles. The number of ether oxygens (including phenoxy) is 3. The largest absolute Gasteiger partial charge is 0.489 e. The second-order valence-electron chi connectivity index (χ2n) is 12.1. The molecule has 47 heavy (non-hydrogen) atoms. The van der Waals surface area contributed by atoms with Crippen molar-refractivity contribution in [2.24, 2.45) is 11.8 Å². The average Bonchev–Trinajstić information content (AvgIpc) is 3.72. The summed E-state index contributed by atoms with van der Waals surface area (Å²) in [6.45, 7) is 0.474. The molecule has 3 N–H and O–H groups in total. The minimum atomic E-state index is -0.263. The van der Waals surface area contributed by atoms with Crippen LogP contribution in [-0.2, 0) is 20.9 Å². The van der Waals surface area contributed by atoms with E-state index in [9.17, 15) is 14.9 Å². The number of carbonyl (C=O) groups is 2. The fraction of sp³-hybridized carbons (Fsp3) is 0.444. The van der Waals surface area contributed by atoms with Gasteiger partial charge in [-0.05, 0) is 73.4 Å². The summed E-state index contributed by atoms with van der Waals surface area (Å²) in [5.41, 5.74) is 8.32. The van der Waals surface area contributed by atoms with Crippen molar-refractivity contribution >= 4 is 17.7 Å². The number of pyridine rings is 1. The van der Waals surface area contributed by atoms with Crippen LogP contribution in [0.4, 0.5) is 5.82 Å². The maximum Gasteiger partial charge on any atom is 0.305 e. The molecule has 1 amide bonds. The highest BCUT2D eigenvalue weighted by molar-refractivity contribution is 5.76. The molecule has 1 fully saturated rings. The highest BCUT2D eigenvalue weighted by Gasteiger charge is 2.36. The lowest BCUT2D eigenvalue weighted by Gasteiger charge is -2.19. The predicted octanol–water partition coefficient (Wildman–Crippen LogP) is 5.70. The van der Waals surface area contributed by atoms with Gasteiger partial charge in [-0.3, -0.25) is 14.6 Å². The molecule has 1 saturated carbocycles. The monoisotopic (exact) mass is 638 g/mol. The molecular formula is C36H42N6O5. The zero-order valence-electron chi connectivity index (χ0n) is 26.6. The summed E-state index contributed by atoms with van der Waals surface area (Å²) in [4.78, 5) is 37.0. The Labute approximate surface area is 275 Å². The third kappa shape index (κ3) is 10.0. The molecule has 2 aliphatic carbocycles. The molecule has 2 aromatic heterocycles. The van der Waals surface area contributed by atoms with Gasteiger partial charge in [0.1, 0.15) is 31.6 Å². The van der Waals surface area contributed by atoms with Gasteiger partial charge < -0.3 is 25.3 Å². The van der Waals surface area contributed by atoms with Crippen molar-refractivity contribution in [3.63, 3.8) is 0 Å². The second kappa shape index (κ2) is 17.1. The molecule has 0 radical (unpaired) electrons. The number of nitrogens with two attached hydrogens (primary N) is 1. The van der Waals surface area contributed by atoms with E-state index < -0.39 is 0 Å². The van der Waals surface area contributed by atoms with Crippen molar-refractivity contribution in [3.05, 3.63) is 72.2 Å². The van der Waals surface area contributed by atoms with Crippen LogP contribution in [0.1, 0.15) is 75.3 Å². The van der Waals surface area contributed by atoms with Crippen molar-refractivity contribution in [1.82, 2.24) is 20.3 Å². The number of aromatic nitrogens is 3. The summed E-state index contributed by atoms with van der Waals surface area (Å²) in [5.74, 6) is 1.85. The summed E-state index contributed by atoms with van der Waals surface area (Å²) >= 11 is 0. The lowest BCUT2D eigenvalue weighted by atomic mass is 10.0. The standard InChI is InChI=1S/C36H42N6O5/c37-22-29-21-28(31-23-40-35(38)36(42-31)47-24-25-13-15-39-16-14-25)11-12-32(29)45-17-18-46-34(44)8-6-4-2-1-3-5-7-33(43)41-30-20-26-9-10-27(30)19-26/h9-16,21,23,26-27,30H,1-8,17-20,24H2,(H2,38,40)(H,41,43). The minimum absolute atomic E-state index is 0.0910. The Kier molecular flexibility index (Phi) is 12.1. The molecule has 11 heteroatoms. The lowest BCUT2D eigenvalue weighted by Crippen LogP contribution is -2.37. The maximum atomic E-state index is 12.2. The Morgan fingerprint density at radius 2 is 1.74 bits per heavy atom. The van der Waals surface area contributed by atoms with Crippen LogP contribution >= 0.6 is 0 Å². The van der Waals surface area contributed by atoms with Gasteiger partial charge in [0.25, 0.3) is 5.88 Å². The Hall–Kier alpha value is -4.98. The molecule has 3 atom stereocenters. The molecule has 11 nitrogen and oxygen atoms in total. The van der Waals surface area contributed by atoms with Crippen LogP contribution in [0.3, 0.4) is 0 Å². The van der Waals surface area contributed by atoms with E-state index in [0.29, 0.717) is 53.3 Å². The van der Waals surface area contributed by atoms with Crippen LogP contribution in [0.25, 0.3) is 11.3 Å². The number of benzene rings is 1. The summed E-state index contributed by atoms with van der Waals surface area (Å²) < 4.78 is 16.8. The third-order valence-electron chi connectivity index (χ3n) is 8.55. The number of anilines is 1. The van der Waals surface area contributed by atoms with Gasteiger partial charge in [0.05, 0.1) is 17.5 Å². The molecule has 0 saturated heterocycles. The molecule has 3 aromatic rings. The summed E-state index contributed by atoms with van der Waals surface area (Å²) in [6.07, 6.45) is 18.4. The number of fused-ring (bicyclic) bond motifs is 2. The van der Waals surface area contributed by atoms with Crippen molar-refractivity contribution < 1.29 is 23.8 Å². The Balaban J connectivity index is 0.935. The number of carbonyl (C=O) groups excluding carboxylic acids is 2. The highest BCUT2D eigenvalue weighted by Crippen LogP contribution is 2.39. The van der Waals surface area contributed by atoms with Crippen LogP contribution < -0.4 is 20.5 Å². The van der Waals surface area contributed by atoms with Crippen LogP contribution in [0.2, 0.25) is 0 Å². The molecule has 0 aliphatic heterocycles. The Morgan fingerprint density at radius 1 is 0.957 bits per heavy atom. The maximum absolute atomic E-state index is 12.2. The first-order valence-corrected chi connectivity index (χ1v) is 16.4. The van der Waals surface area contributed by atoms with Gasteiger partial charge >= 0.3 is 5.97 Å². The molecule has 2 bridgehead atoms. The van der Waals surface area contributed by atoms with Crippen LogP contribution in [0.5, 0.6) is 11.6 Å². The number of unbranched alkanes of at least 4 members (excludes halogenated alkanes) is 5. The van der Waals surface area contributed by atoms with Crippen molar-refractivity contribution in [2.75, 3.05) is 18.9 Å². The Morgan fingerprint density at radius 3 is 2.49 bits per heavy atom. The number of hydrogen-bond donors (Lipinski definition) is 2. The van der Waals surface area contributed by atoms with E-state index in [0.717, 1.165) is 50.5 Å². The van der Waals surface area contributed by atoms with E-state index >= 15 is 0 Å². The van der Waals surface area contributed by atoms with Gasteiger partial charge in [-0.25, -0.2) is 9.97 Å². The summed E-state index contributed by atoms with van der Waals surface area (Å²) in [6, 6.07) is 11.2. The molecular weight excluding hydrogens is 596 g/mol. The predicted molar refractivity (Wildman–Crippen MR) is 176 cm³/mol. The van der Waals surface area contributed by atoms with E-state index in [2.05, 4.69) is 38.5 Å². The van der Waals surface area contributed by atoms with E-state index in [4.69, 9.17) is 19.9 Å². The second-order valence-corrected chi connectivity index (χ2v) is 12.1. The molecule has 0 spiro atoms. The normalized spacial score (nSPS) is 17.6. The third-order valence-corrected chi connectivity index (χ3v) is 8.55. The number of nitrogens with zero attached hydrogens (tertiary/aromatic N) is 4. The van der Waals surface area contributed by atoms with Crippen molar-refractivity contribution in [3.8, 4) is 29.0 Å².